The fourth-order valence-electron chi connectivity index (χ4n) is 2.63. The van der Waals surface area contributed by atoms with Gasteiger partial charge in [-0.25, -0.2) is 0 Å². The Morgan fingerprint density at radius 2 is 1.92 bits per heavy atom. The molecule has 2 rings (SSSR count). The highest BCUT2D eigenvalue weighted by atomic mass is 16.5. The standard InChI is InChI=1S/C21H27NO3/c1-4-25-19-11-6-5-10-18(19)16-8-7-9-17(14-16)20(24)22-15-21(2,3)12-13-23/h5-11,14,23H,4,12-13,15H2,1-3H3,(H,22,24). The van der Waals surface area contributed by atoms with Gasteiger partial charge in [0.25, 0.3) is 5.91 Å². The second kappa shape index (κ2) is 8.67. The van der Waals surface area contributed by atoms with Crippen LogP contribution in [0, 0.1) is 5.41 Å². The highest BCUT2D eigenvalue weighted by Gasteiger charge is 2.19. The first-order valence-electron chi connectivity index (χ1n) is 8.68. The maximum atomic E-state index is 12.5. The molecule has 4 heteroatoms. The Balaban J connectivity index is 2.17. The molecular weight excluding hydrogens is 314 g/mol. The van der Waals surface area contributed by atoms with Crippen molar-refractivity contribution in [3.05, 3.63) is 54.1 Å². The van der Waals surface area contributed by atoms with E-state index in [1.165, 1.54) is 0 Å². The largest absolute Gasteiger partial charge is 0.493 e. The number of para-hydroxylation sites is 1. The Bertz CT molecular complexity index is 710. The van der Waals surface area contributed by atoms with Crippen molar-refractivity contribution in [1.29, 1.82) is 0 Å². The van der Waals surface area contributed by atoms with E-state index < -0.39 is 0 Å². The normalized spacial score (nSPS) is 11.2. The Hall–Kier alpha value is -2.33. The van der Waals surface area contributed by atoms with E-state index in [1.54, 1.807) is 6.07 Å². The van der Waals surface area contributed by atoms with Crippen molar-refractivity contribution >= 4 is 5.91 Å². The van der Waals surface area contributed by atoms with Crippen LogP contribution in [0.25, 0.3) is 11.1 Å². The summed E-state index contributed by atoms with van der Waals surface area (Å²) in [4.78, 5) is 12.5. The zero-order valence-corrected chi connectivity index (χ0v) is 15.2. The Labute approximate surface area is 149 Å². The summed E-state index contributed by atoms with van der Waals surface area (Å²) in [6.45, 7) is 7.24. The van der Waals surface area contributed by atoms with Gasteiger partial charge in [0.15, 0.2) is 0 Å². The highest BCUT2D eigenvalue weighted by Crippen LogP contribution is 2.30. The molecule has 4 nitrogen and oxygen atoms in total. The van der Waals surface area contributed by atoms with E-state index in [-0.39, 0.29) is 17.9 Å². The first-order valence-corrected chi connectivity index (χ1v) is 8.68. The van der Waals surface area contributed by atoms with Crippen molar-refractivity contribution in [2.75, 3.05) is 19.8 Å². The van der Waals surface area contributed by atoms with Crippen molar-refractivity contribution in [3.8, 4) is 16.9 Å². The molecule has 0 aliphatic carbocycles. The Morgan fingerprint density at radius 3 is 2.64 bits per heavy atom. The summed E-state index contributed by atoms with van der Waals surface area (Å²) in [5.41, 5.74) is 2.40. The molecule has 25 heavy (non-hydrogen) atoms. The van der Waals surface area contributed by atoms with Crippen LogP contribution in [0.2, 0.25) is 0 Å². The van der Waals surface area contributed by atoms with Gasteiger partial charge in [-0.3, -0.25) is 4.79 Å². The number of hydrogen-bond donors (Lipinski definition) is 2. The number of benzene rings is 2. The van der Waals surface area contributed by atoms with Gasteiger partial charge in [-0.15, -0.1) is 0 Å². The fourth-order valence-corrected chi connectivity index (χ4v) is 2.63. The van der Waals surface area contributed by atoms with Crippen molar-refractivity contribution < 1.29 is 14.6 Å². The Kier molecular flexibility index (Phi) is 6.59. The molecule has 0 spiro atoms. The van der Waals surface area contributed by atoms with Crippen LogP contribution in [0.1, 0.15) is 37.6 Å². The highest BCUT2D eigenvalue weighted by molar-refractivity contribution is 5.95. The molecule has 0 fully saturated rings. The molecule has 134 valence electrons. The molecule has 1 amide bonds. The van der Waals surface area contributed by atoms with Crippen molar-refractivity contribution in [1.82, 2.24) is 5.32 Å². The van der Waals surface area contributed by atoms with Crippen molar-refractivity contribution in [2.45, 2.75) is 27.2 Å². The van der Waals surface area contributed by atoms with Gasteiger partial charge in [0.05, 0.1) is 6.61 Å². The van der Waals surface area contributed by atoms with Crippen LogP contribution in [0.4, 0.5) is 0 Å². The molecule has 0 atom stereocenters. The van der Waals surface area contributed by atoms with Crippen LogP contribution in [0.3, 0.4) is 0 Å². The van der Waals surface area contributed by atoms with Crippen LogP contribution in [0.15, 0.2) is 48.5 Å². The number of carbonyl (C=O) groups excluding carboxylic acids is 1. The summed E-state index contributed by atoms with van der Waals surface area (Å²) in [5, 5.41) is 12.1. The third-order valence-electron chi connectivity index (χ3n) is 4.14. The smallest absolute Gasteiger partial charge is 0.251 e. The second-order valence-electron chi connectivity index (χ2n) is 6.83. The molecule has 0 heterocycles. The van der Waals surface area contributed by atoms with E-state index >= 15 is 0 Å². The van der Waals surface area contributed by atoms with E-state index in [2.05, 4.69) is 5.32 Å². The maximum absolute atomic E-state index is 12.5. The lowest BCUT2D eigenvalue weighted by Crippen LogP contribution is -2.34. The lowest BCUT2D eigenvalue weighted by molar-refractivity contribution is 0.0928. The maximum Gasteiger partial charge on any atom is 0.251 e. The van der Waals surface area contributed by atoms with E-state index in [0.717, 1.165) is 16.9 Å². The van der Waals surface area contributed by atoms with Gasteiger partial charge < -0.3 is 15.2 Å². The zero-order chi connectivity index (χ0) is 18.3. The molecule has 0 saturated heterocycles. The van der Waals surface area contributed by atoms with Gasteiger partial charge in [0, 0.05) is 24.3 Å². The summed E-state index contributed by atoms with van der Waals surface area (Å²) in [6, 6.07) is 15.4. The number of carbonyl (C=O) groups is 1. The summed E-state index contributed by atoms with van der Waals surface area (Å²) in [5.74, 6) is 0.702. The van der Waals surface area contributed by atoms with Gasteiger partial charge >= 0.3 is 0 Å². The van der Waals surface area contributed by atoms with Gasteiger partial charge in [-0.2, -0.15) is 0 Å². The topological polar surface area (TPSA) is 58.6 Å². The van der Waals surface area contributed by atoms with Gasteiger partial charge in [0.1, 0.15) is 5.75 Å². The van der Waals surface area contributed by atoms with Crippen LogP contribution in [0.5, 0.6) is 5.75 Å². The molecule has 2 aromatic rings. The molecule has 2 aromatic carbocycles. The quantitative estimate of drug-likeness (QED) is 0.766. The predicted molar refractivity (Wildman–Crippen MR) is 101 cm³/mol. The van der Waals surface area contributed by atoms with E-state index in [0.29, 0.717) is 25.1 Å². The molecule has 0 aromatic heterocycles. The second-order valence-corrected chi connectivity index (χ2v) is 6.83. The van der Waals surface area contributed by atoms with Crippen LogP contribution in [-0.4, -0.2) is 30.8 Å². The molecule has 0 radical (unpaired) electrons. The monoisotopic (exact) mass is 341 g/mol. The van der Waals surface area contributed by atoms with E-state index in [4.69, 9.17) is 9.84 Å². The number of amides is 1. The minimum Gasteiger partial charge on any atom is -0.493 e. The number of aliphatic hydroxyl groups is 1. The molecule has 0 saturated carbocycles. The van der Waals surface area contributed by atoms with Gasteiger partial charge in [-0.1, -0.05) is 44.2 Å². The lowest BCUT2D eigenvalue weighted by Gasteiger charge is -2.23. The van der Waals surface area contributed by atoms with Crippen molar-refractivity contribution in [2.24, 2.45) is 5.41 Å². The number of nitrogens with one attached hydrogen (secondary N) is 1. The van der Waals surface area contributed by atoms with Crippen molar-refractivity contribution in [3.63, 3.8) is 0 Å². The average molecular weight is 341 g/mol. The fraction of sp³-hybridized carbons (Fsp3) is 0.381. The SMILES string of the molecule is CCOc1ccccc1-c1cccc(C(=O)NCC(C)(C)CCO)c1. The molecule has 0 unspecified atom stereocenters. The predicted octanol–water partition coefficient (Wildman–Crippen LogP) is 3.89. The Morgan fingerprint density at radius 1 is 1.16 bits per heavy atom. The van der Waals surface area contributed by atoms with E-state index in [9.17, 15) is 4.79 Å². The summed E-state index contributed by atoms with van der Waals surface area (Å²) in [7, 11) is 0. The average Bonchev–Trinajstić information content (AvgIpc) is 2.60. The van der Waals surface area contributed by atoms with Gasteiger partial charge in [0.2, 0.25) is 0 Å². The number of hydrogen-bond acceptors (Lipinski definition) is 3. The summed E-state index contributed by atoms with van der Waals surface area (Å²) >= 11 is 0. The van der Waals surface area contributed by atoms with Crippen LogP contribution >= 0.6 is 0 Å². The van der Waals surface area contributed by atoms with Crippen LogP contribution < -0.4 is 10.1 Å². The molecule has 0 aliphatic heterocycles. The third-order valence-corrected chi connectivity index (χ3v) is 4.14. The molecule has 0 aliphatic rings. The number of rotatable bonds is 8. The molecule has 0 bridgehead atoms. The summed E-state index contributed by atoms with van der Waals surface area (Å²) in [6.07, 6.45) is 0.648. The van der Waals surface area contributed by atoms with E-state index in [1.807, 2.05) is 63.2 Å². The first-order chi connectivity index (χ1) is 12.0. The molecular formula is C21H27NO3. The lowest BCUT2D eigenvalue weighted by atomic mass is 9.89. The minimum atomic E-state index is -0.135. The number of ether oxygens (including phenoxy) is 1. The third kappa shape index (κ3) is 5.33. The first kappa shape index (κ1) is 19.0. The minimum absolute atomic E-state index is 0.109. The number of aliphatic hydroxyl groups excluding tert-OH is 1. The zero-order valence-electron chi connectivity index (χ0n) is 15.2. The molecule has 2 N–H and O–H groups in total. The summed E-state index contributed by atoms with van der Waals surface area (Å²) < 4.78 is 5.69. The van der Waals surface area contributed by atoms with Crippen LogP contribution in [-0.2, 0) is 0 Å². The van der Waals surface area contributed by atoms with Gasteiger partial charge in [-0.05, 0) is 42.5 Å².